The lowest BCUT2D eigenvalue weighted by Crippen LogP contribution is -2.27. The van der Waals surface area contributed by atoms with Crippen LogP contribution in [0.5, 0.6) is 0 Å². The van der Waals surface area contributed by atoms with Gasteiger partial charge >= 0.3 is 9.53 Å². The zero-order chi connectivity index (χ0) is 9.40. The second-order valence-corrected chi connectivity index (χ2v) is 4.11. The zero-order valence-corrected chi connectivity index (χ0v) is 8.99. The predicted molar refractivity (Wildman–Crippen MR) is 46.8 cm³/mol. The van der Waals surface area contributed by atoms with Gasteiger partial charge in [0, 0.05) is 20.6 Å². The lowest BCUT2D eigenvalue weighted by atomic mass is 10.3. The molecule has 0 amide bonds. The Kier molecular flexibility index (Phi) is 7.03. The normalized spacial score (nSPS) is 10.3. The summed E-state index contributed by atoms with van der Waals surface area (Å²) in [6.07, 6.45) is 2.29. The molecule has 12 heavy (non-hydrogen) atoms. The summed E-state index contributed by atoms with van der Waals surface area (Å²) in [6.45, 7) is 2.02. The van der Waals surface area contributed by atoms with Crippen LogP contribution in [0.25, 0.3) is 0 Å². The van der Waals surface area contributed by atoms with E-state index >= 15 is 0 Å². The Hall–Kier alpha value is -0.393. The van der Waals surface area contributed by atoms with Crippen molar-refractivity contribution in [3.8, 4) is 0 Å². The van der Waals surface area contributed by atoms with Gasteiger partial charge in [0.2, 0.25) is 0 Å². The van der Waals surface area contributed by atoms with Crippen LogP contribution in [0.15, 0.2) is 0 Å². The molecule has 0 heterocycles. The fraction of sp³-hybridized carbons (Fsp3) is 0.857. The molecule has 0 spiro atoms. The fourth-order valence-corrected chi connectivity index (χ4v) is 1.40. The Morgan fingerprint density at radius 3 is 2.33 bits per heavy atom. The molecule has 0 rings (SSSR count). The molecule has 0 saturated carbocycles. The van der Waals surface area contributed by atoms with Crippen molar-refractivity contribution in [3.05, 3.63) is 0 Å². The minimum Gasteiger partial charge on any atom is -0.476 e. The first-order valence-electron chi connectivity index (χ1n) is 3.99. The number of hydrogen-bond acceptors (Lipinski definition) is 4. The molecule has 4 nitrogen and oxygen atoms in total. The highest BCUT2D eigenvalue weighted by molar-refractivity contribution is 6.39. The first kappa shape index (κ1) is 11.6. The second kappa shape index (κ2) is 7.27. The lowest BCUT2D eigenvalue weighted by molar-refractivity contribution is -0.137. The minimum absolute atomic E-state index is 0.225. The van der Waals surface area contributed by atoms with Crippen molar-refractivity contribution in [2.75, 3.05) is 14.2 Å². The molecule has 0 aliphatic carbocycles. The van der Waals surface area contributed by atoms with E-state index in [1.165, 1.54) is 14.2 Å². The average Bonchev–Trinajstić information content (AvgIpc) is 2.10. The van der Waals surface area contributed by atoms with Crippen LogP contribution >= 0.6 is 0 Å². The van der Waals surface area contributed by atoms with E-state index in [0.29, 0.717) is 6.42 Å². The van der Waals surface area contributed by atoms with Crippen molar-refractivity contribution in [1.82, 2.24) is 0 Å². The highest BCUT2D eigenvalue weighted by atomic mass is 28.3. The predicted octanol–water partition coefficient (Wildman–Crippen LogP) is 0.730. The summed E-state index contributed by atoms with van der Waals surface area (Å²) in [4.78, 5) is 11.0. The molecular weight excluding hydrogens is 176 g/mol. The van der Waals surface area contributed by atoms with Gasteiger partial charge in [0.05, 0.1) is 0 Å². The van der Waals surface area contributed by atoms with Crippen LogP contribution in [0, 0.1) is 0 Å². The highest BCUT2D eigenvalue weighted by Gasteiger charge is 2.16. The summed E-state index contributed by atoms with van der Waals surface area (Å²) in [5.41, 5.74) is 0. The van der Waals surface area contributed by atoms with Gasteiger partial charge in [0.25, 0.3) is 5.97 Å². The van der Waals surface area contributed by atoms with Crippen molar-refractivity contribution < 1.29 is 18.1 Å². The topological polar surface area (TPSA) is 44.8 Å². The molecule has 0 aromatic carbocycles. The van der Waals surface area contributed by atoms with Gasteiger partial charge < -0.3 is 13.3 Å². The van der Waals surface area contributed by atoms with E-state index in [0.717, 1.165) is 12.8 Å². The fourth-order valence-electron chi connectivity index (χ4n) is 0.680. The van der Waals surface area contributed by atoms with Gasteiger partial charge in [-0.05, 0) is 6.42 Å². The maximum atomic E-state index is 11.0. The first-order valence-corrected chi connectivity index (χ1v) is 5.41. The molecule has 5 heteroatoms. The molecule has 0 aromatic rings. The van der Waals surface area contributed by atoms with Crippen LogP contribution in [-0.4, -0.2) is 29.7 Å². The second-order valence-electron chi connectivity index (χ2n) is 2.35. The van der Waals surface area contributed by atoms with Crippen LogP contribution in [0.2, 0.25) is 0 Å². The molecule has 0 fully saturated rings. The molecule has 0 saturated heterocycles. The van der Waals surface area contributed by atoms with Gasteiger partial charge in [0.1, 0.15) is 0 Å². The first-order chi connectivity index (χ1) is 5.74. The smallest absolute Gasteiger partial charge is 0.476 e. The molecule has 0 bridgehead atoms. The molecular formula is C7H16O4Si. The maximum absolute atomic E-state index is 11.0. The molecule has 0 atom stereocenters. The molecule has 0 aliphatic rings. The van der Waals surface area contributed by atoms with Crippen LogP contribution in [0.1, 0.15) is 26.2 Å². The summed E-state index contributed by atoms with van der Waals surface area (Å²) < 4.78 is 14.6. The number of carbonyl (C=O) groups excluding carboxylic acids is 1. The Balaban J connectivity index is 3.52. The van der Waals surface area contributed by atoms with E-state index in [2.05, 4.69) is 0 Å². The van der Waals surface area contributed by atoms with Gasteiger partial charge in [-0.2, -0.15) is 0 Å². The molecule has 0 aliphatic heterocycles. The van der Waals surface area contributed by atoms with Crippen molar-refractivity contribution in [2.24, 2.45) is 0 Å². The van der Waals surface area contributed by atoms with E-state index in [1.807, 2.05) is 6.92 Å². The molecule has 0 unspecified atom stereocenters. The third-order valence-corrected chi connectivity index (χ3v) is 2.57. The SMILES string of the molecule is CCCCC(=O)O[SiH](OC)OC. The maximum Gasteiger partial charge on any atom is 0.550 e. The van der Waals surface area contributed by atoms with Gasteiger partial charge in [0.15, 0.2) is 0 Å². The molecule has 0 aromatic heterocycles. The Labute approximate surface area is 74.8 Å². The van der Waals surface area contributed by atoms with Crippen molar-refractivity contribution in [1.29, 1.82) is 0 Å². The summed E-state index contributed by atoms with van der Waals surface area (Å²) in [7, 11) is 0.817. The number of carbonyl (C=O) groups is 1. The quantitative estimate of drug-likeness (QED) is 0.582. The average molecular weight is 192 g/mol. The van der Waals surface area contributed by atoms with E-state index < -0.39 is 9.53 Å². The van der Waals surface area contributed by atoms with E-state index in [4.69, 9.17) is 13.3 Å². The largest absolute Gasteiger partial charge is 0.550 e. The van der Waals surface area contributed by atoms with Gasteiger partial charge in [-0.25, -0.2) is 0 Å². The van der Waals surface area contributed by atoms with Crippen LogP contribution in [0.4, 0.5) is 0 Å². The summed E-state index contributed by atoms with van der Waals surface area (Å²) >= 11 is 0. The number of rotatable bonds is 6. The number of unbranched alkanes of at least 4 members (excludes halogenated alkanes) is 1. The van der Waals surface area contributed by atoms with E-state index in [-0.39, 0.29) is 5.97 Å². The zero-order valence-electron chi connectivity index (χ0n) is 7.83. The summed E-state index contributed by atoms with van der Waals surface area (Å²) in [5, 5.41) is 0. The third-order valence-electron chi connectivity index (χ3n) is 1.35. The van der Waals surface area contributed by atoms with Crippen LogP contribution in [-0.2, 0) is 18.1 Å². The van der Waals surface area contributed by atoms with Gasteiger partial charge in [-0.15, -0.1) is 0 Å². The minimum atomic E-state index is -2.14. The van der Waals surface area contributed by atoms with Crippen molar-refractivity contribution in [3.63, 3.8) is 0 Å². The van der Waals surface area contributed by atoms with Gasteiger partial charge in [-0.1, -0.05) is 13.3 Å². The summed E-state index contributed by atoms with van der Waals surface area (Å²) in [5.74, 6) is -0.225. The Morgan fingerprint density at radius 1 is 1.33 bits per heavy atom. The number of hydrogen-bond donors (Lipinski definition) is 0. The molecule has 72 valence electrons. The van der Waals surface area contributed by atoms with E-state index in [9.17, 15) is 4.79 Å². The Bertz CT molecular complexity index is 125. The third kappa shape index (κ3) is 5.28. The molecule has 0 radical (unpaired) electrons. The monoisotopic (exact) mass is 192 g/mol. The van der Waals surface area contributed by atoms with Crippen molar-refractivity contribution >= 4 is 15.5 Å². The standard InChI is InChI=1S/C7H16O4Si/c1-4-5-6-7(8)11-12(9-2)10-3/h12H,4-6H2,1-3H3. The van der Waals surface area contributed by atoms with Crippen LogP contribution < -0.4 is 0 Å². The highest BCUT2D eigenvalue weighted by Crippen LogP contribution is 1.98. The molecule has 0 N–H and O–H groups in total. The Morgan fingerprint density at radius 2 is 1.92 bits per heavy atom. The summed E-state index contributed by atoms with van der Waals surface area (Å²) in [6, 6.07) is 0. The van der Waals surface area contributed by atoms with Gasteiger partial charge in [-0.3, -0.25) is 4.79 Å². The lowest BCUT2D eigenvalue weighted by Gasteiger charge is -2.10. The van der Waals surface area contributed by atoms with E-state index in [1.54, 1.807) is 0 Å². The van der Waals surface area contributed by atoms with Crippen LogP contribution in [0.3, 0.4) is 0 Å². The van der Waals surface area contributed by atoms with Crippen molar-refractivity contribution in [2.45, 2.75) is 26.2 Å².